The molecule has 2 unspecified atom stereocenters. The van der Waals surface area contributed by atoms with E-state index in [1.807, 2.05) is 26.8 Å². The number of hydrogen-bond acceptors (Lipinski definition) is 8. The van der Waals surface area contributed by atoms with E-state index in [0.29, 0.717) is 18.4 Å². The van der Waals surface area contributed by atoms with Gasteiger partial charge in [-0.1, -0.05) is 43.6 Å². The first kappa shape index (κ1) is 30.1. The van der Waals surface area contributed by atoms with Crippen LogP contribution in [0.4, 0.5) is 0 Å². The Morgan fingerprint density at radius 1 is 1.18 bits per heavy atom. The monoisotopic (exact) mass is 534 g/mol. The van der Waals surface area contributed by atoms with Gasteiger partial charge in [-0.3, -0.25) is 0 Å². The Kier molecular flexibility index (Phi) is 10.4. The largest absolute Gasteiger partial charge is 0.507 e. The molecule has 2 aliphatic rings. The number of rotatable bonds is 11. The third kappa shape index (κ3) is 6.40. The Hall–Kier alpha value is -2.43. The molecule has 9 nitrogen and oxygen atoms in total. The number of allylic oxidation sites excluding steroid dienone is 3. The van der Waals surface area contributed by atoms with Gasteiger partial charge in [-0.15, -0.1) is 0 Å². The van der Waals surface area contributed by atoms with Crippen LogP contribution >= 0.6 is 0 Å². The van der Waals surface area contributed by atoms with Gasteiger partial charge < -0.3 is 40.1 Å². The molecule has 1 saturated heterocycles. The average molecular weight is 535 g/mol. The number of aromatic carboxylic acids is 1. The highest BCUT2D eigenvalue weighted by atomic mass is 16.7. The van der Waals surface area contributed by atoms with Crippen molar-refractivity contribution in [1.82, 2.24) is 0 Å². The molecule has 0 spiro atoms. The first-order chi connectivity index (χ1) is 18.0. The molecule has 1 heterocycles. The Morgan fingerprint density at radius 3 is 2.50 bits per heavy atom. The van der Waals surface area contributed by atoms with Crippen LogP contribution in [0.5, 0.6) is 11.5 Å². The first-order valence-corrected chi connectivity index (χ1v) is 13.4. The van der Waals surface area contributed by atoms with Crippen molar-refractivity contribution in [2.75, 3.05) is 6.61 Å². The summed E-state index contributed by atoms with van der Waals surface area (Å²) in [6.45, 7) is 9.68. The number of benzene rings is 1. The van der Waals surface area contributed by atoms with E-state index >= 15 is 0 Å². The lowest BCUT2D eigenvalue weighted by molar-refractivity contribution is -0.274. The molecule has 1 aromatic rings. The van der Waals surface area contributed by atoms with Gasteiger partial charge in [0.1, 0.15) is 35.4 Å². The van der Waals surface area contributed by atoms with Gasteiger partial charge in [-0.2, -0.15) is 0 Å². The number of carbonyl (C=O) groups is 1. The highest BCUT2D eigenvalue weighted by Gasteiger charge is 2.46. The van der Waals surface area contributed by atoms with Gasteiger partial charge in [0.15, 0.2) is 0 Å². The van der Waals surface area contributed by atoms with E-state index in [-0.39, 0.29) is 41.6 Å². The molecule has 6 N–H and O–H groups in total. The Labute approximate surface area is 224 Å². The number of aromatic hydroxyl groups is 1. The van der Waals surface area contributed by atoms with Crippen LogP contribution in [0, 0.1) is 5.92 Å². The van der Waals surface area contributed by atoms with Crippen molar-refractivity contribution < 1.29 is 44.9 Å². The normalized spacial score (nSPS) is 29.6. The minimum absolute atomic E-state index is 0.0337. The van der Waals surface area contributed by atoms with Gasteiger partial charge in [0.05, 0.1) is 6.10 Å². The fraction of sp³-hybridized carbons (Fsp3) is 0.621. The zero-order valence-corrected chi connectivity index (χ0v) is 22.5. The van der Waals surface area contributed by atoms with Gasteiger partial charge >= 0.3 is 5.97 Å². The van der Waals surface area contributed by atoms with Crippen LogP contribution in [0.25, 0.3) is 0 Å². The van der Waals surface area contributed by atoms with Gasteiger partial charge in [-0.05, 0) is 63.5 Å². The topological polar surface area (TPSA) is 157 Å². The van der Waals surface area contributed by atoms with Crippen molar-refractivity contribution in [1.29, 1.82) is 0 Å². The molecule has 3 rings (SSSR count). The fourth-order valence-corrected chi connectivity index (χ4v) is 5.56. The maximum Gasteiger partial charge on any atom is 0.339 e. The Bertz CT molecular complexity index is 1030. The minimum atomic E-state index is -1.71. The van der Waals surface area contributed by atoms with Gasteiger partial charge in [0.2, 0.25) is 6.29 Å². The molecular formula is C29H42O9. The van der Waals surface area contributed by atoms with E-state index in [9.17, 15) is 35.4 Å². The Balaban J connectivity index is 2.20. The quantitative estimate of drug-likeness (QED) is 0.185. The second-order valence-corrected chi connectivity index (χ2v) is 10.6. The van der Waals surface area contributed by atoms with E-state index in [2.05, 4.69) is 6.58 Å². The van der Waals surface area contributed by atoms with E-state index in [0.717, 1.165) is 36.8 Å². The predicted molar refractivity (Wildman–Crippen MR) is 141 cm³/mol. The average Bonchev–Trinajstić information content (AvgIpc) is 2.85. The molecule has 1 aliphatic heterocycles. The van der Waals surface area contributed by atoms with Crippen LogP contribution in [0.1, 0.15) is 86.7 Å². The molecule has 7 atom stereocenters. The van der Waals surface area contributed by atoms with Crippen molar-refractivity contribution in [3.8, 4) is 11.5 Å². The van der Waals surface area contributed by atoms with Crippen molar-refractivity contribution >= 4 is 5.97 Å². The molecule has 9 heteroatoms. The van der Waals surface area contributed by atoms with Gasteiger partial charge in [0.25, 0.3) is 0 Å². The van der Waals surface area contributed by atoms with Crippen LogP contribution < -0.4 is 4.74 Å². The van der Waals surface area contributed by atoms with E-state index in [4.69, 9.17) is 9.47 Å². The molecule has 38 heavy (non-hydrogen) atoms. The summed E-state index contributed by atoms with van der Waals surface area (Å²) in [6.07, 6.45) is -0.989. The number of ether oxygens (including phenoxy) is 2. The lowest BCUT2D eigenvalue weighted by atomic mass is 9.73. The number of aryl methyl sites for hydroxylation is 1. The summed E-state index contributed by atoms with van der Waals surface area (Å²) in [5, 5.41) is 62.6. The van der Waals surface area contributed by atoms with Crippen LogP contribution in [-0.4, -0.2) is 73.9 Å². The van der Waals surface area contributed by atoms with Gasteiger partial charge in [0, 0.05) is 18.1 Å². The van der Waals surface area contributed by atoms with Crippen molar-refractivity contribution in [2.45, 2.75) is 102 Å². The lowest BCUT2D eigenvalue weighted by Gasteiger charge is -2.41. The summed E-state index contributed by atoms with van der Waals surface area (Å²) in [5.41, 5.74) is 2.47. The molecule has 1 fully saturated rings. The zero-order valence-electron chi connectivity index (χ0n) is 22.5. The van der Waals surface area contributed by atoms with E-state index in [1.54, 1.807) is 0 Å². The number of phenols is 1. The van der Waals surface area contributed by atoms with Crippen molar-refractivity contribution in [3.05, 3.63) is 46.6 Å². The maximum absolute atomic E-state index is 12.7. The lowest BCUT2D eigenvalue weighted by Crippen LogP contribution is -2.59. The summed E-state index contributed by atoms with van der Waals surface area (Å²) in [4.78, 5) is 12.7. The standard InChI is InChI=1S/C29H42O9/c1-5-6-7-8-17-14-20(31)23(19-13-16(4)9-10-18(19)15(2)3)27(22(17)28(35)36)38-29-26(34)25(33)24(32)21(37-29)11-12-30/h13-14,18-19,21,24-26,29-34H,2,5-12H2,1,3-4H3,(H,35,36)/t18?,19-,21+,24+,25-,26+,29?/m0/s1. The van der Waals surface area contributed by atoms with Gasteiger partial charge in [-0.25, -0.2) is 4.79 Å². The second-order valence-electron chi connectivity index (χ2n) is 10.6. The number of carboxylic acids is 1. The maximum atomic E-state index is 12.7. The molecule has 0 bridgehead atoms. The minimum Gasteiger partial charge on any atom is -0.507 e. The van der Waals surface area contributed by atoms with E-state index in [1.165, 1.54) is 6.07 Å². The third-order valence-electron chi connectivity index (χ3n) is 7.67. The number of phenolic OH excluding ortho intramolecular Hbond substituents is 1. The number of aliphatic hydroxyl groups is 4. The number of aliphatic hydroxyl groups excluding tert-OH is 4. The highest BCUT2D eigenvalue weighted by molar-refractivity contribution is 5.94. The number of hydrogen-bond donors (Lipinski definition) is 6. The van der Waals surface area contributed by atoms with Crippen LogP contribution in [0.2, 0.25) is 0 Å². The van der Waals surface area contributed by atoms with Crippen molar-refractivity contribution in [2.24, 2.45) is 5.92 Å². The van der Waals surface area contributed by atoms with E-state index < -0.39 is 42.6 Å². The summed E-state index contributed by atoms with van der Waals surface area (Å²) in [5.74, 6) is -2.05. The molecule has 212 valence electrons. The Morgan fingerprint density at radius 2 is 1.89 bits per heavy atom. The summed E-state index contributed by atoms with van der Waals surface area (Å²) in [7, 11) is 0. The van der Waals surface area contributed by atoms with Crippen LogP contribution in [0.15, 0.2) is 29.9 Å². The first-order valence-electron chi connectivity index (χ1n) is 13.4. The molecule has 0 amide bonds. The summed E-state index contributed by atoms with van der Waals surface area (Å²) < 4.78 is 11.8. The molecule has 1 aromatic carbocycles. The predicted octanol–water partition coefficient (Wildman–Crippen LogP) is 3.41. The molecular weight excluding hydrogens is 492 g/mol. The highest BCUT2D eigenvalue weighted by Crippen LogP contribution is 2.49. The number of unbranched alkanes of at least 4 members (excludes halogenated alkanes) is 2. The zero-order chi connectivity index (χ0) is 28.1. The van der Waals surface area contributed by atoms with Crippen molar-refractivity contribution in [3.63, 3.8) is 0 Å². The second kappa shape index (κ2) is 13.1. The molecule has 0 aromatic heterocycles. The number of carboxylic acid groups (broad SMARTS) is 1. The molecule has 1 aliphatic carbocycles. The third-order valence-corrected chi connectivity index (χ3v) is 7.67. The molecule has 0 saturated carbocycles. The van der Waals surface area contributed by atoms with Crippen LogP contribution in [-0.2, 0) is 11.2 Å². The SMILES string of the molecule is C=C(C)C1CCC(C)=C[C@@H]1c1c(O)cc(CCCCC)c(C(=O)O)c1OC1O[C@H](CCO)[C@@H](O)[C@H](O)[C@H]1O. The summed E-state index contributed by atoms with van der Waals surface area (Å²) >= 11 is 0. The molecule has 0 radical (unpaired) electrons. The fourth-order valence-electron chi connectivity index (χ4n) is 5.56. The smallest absolute Gasteiger partial charge is 0.339 e. The summed E-state index contributed by atoms with van der Waals surface area (Å²) in [6, 6.07) is 1.49. The van der Waals surface area contributed by atoms with Crippen LogP contribution in [0.3, 0.4) is 0 Å².